The summed E-state index contributed by atoms with van der Waals surface area (Å²) in [6, 6.07) is 0. The molecule has 1 atom stereocenters. The van der Waals surface area contributed by atoms with Gasteiger partial charge in [-0.05, 0) is 83.1 Å². The van der Waals surface area contributed by atoms with Gasteiger partial charge in [0.15, 0.2) is 0 Å². The average Bonchev–Trinajstić information content (AvgIpc) is 0.849. The highest BCUT2D eigenvalue weighted by molar-refractivity contribution is 9.11. The Morgan fingerprint density at radius 1 is 0.327 bits per heavy atom. The molecule has 0 spiro atoms. The van der Waals surface area contributed by atoms with Gasteiger partial charge in [-0.15, -0.1) is 0 Å². The molecule has 38 heteroatoms. The van der Waals surface area contributed by atoms with Gasteiger partial charge in [0, 0.05) is 114 Å². The van der Waals surface area contributed by atoms with Crippen LogP contribution in [0, 0.1) is 16.2 Å². The van der Waals surface area contributed by atoms with Gasteiger partial charge in [0.2, 0.25) is 65.0 Å². The van der Waals surface area contributed by atoms with E-state index in [1.54, 1.807) is 83.1 Å². The molecule has 0 radical (unpaired) electrons. The number of aliphatic hydroxyl groups is 2. The molecule has 32 nitrogen and oxygen atoms in total. The van der Waals surface area contributed by atoms with Crippen LogP contribution in [0.4, 0.5) is 0 Å². The zero-order valence-electron chi connectivity index (χ0n) is 60.4. The van der Waals surface area contributed by atoms with E-state index >= 15 is 0 Å². The highest BCUT2D eigenvalue weighted by Gasteiger charge is 2.40. The van der Waals surface area contributed by atoms with Gasteiger partial charge in [0.1, 0.15) is 19.3 Å². The molecule has 1 unspecified atom stereocenters. The van der Waals surface area contributed by atoms with Crippen LogP contribution in [-0.4, -0.2) is 285 Å². The largest absolute Gasteiger partial charge is 0.394 e. The zero-order valence-corrected chi connectivity index (χ0v) is 69.9. The van der Waals surface area contributed by atoms with E-state index in [0.29, 0.717) is 0 Å². The van der Waals surface area contributed by atoms with Crippen molar-refractivity contribution in [2.45, 2.75) is 134 Å². The fourth-order valence-corrected chi connectivity index (χ4v) is 8.78. The summed E-state index contributed by atoms with van der Waals surface area (Å²) in [5, 5.41) is 49.1. The molecule has 0 rings (SSSR count). The van der Waals surface area contributed by atoms with E-state index in [0.717, 1.165) is 0 Å². The summed E-state index contributed by atoms with van der Waals surface area (Å²) < 4.78 is 33.9. The maximum Gasteiger partial charge on any atom is 0.246 e. The van der Waals surface area contributed by atoms with E-state index in [4.69, 9.17) is 44.0 Å². The first-order valence-electron chi connectivity index (χ1n) is 32.9. The van der Waals surface area contributed by atoms with Crippen molar-refractivity contribution in [3.8, 4) is 0 Å². The van der Waals surface area contributed by atoms with E-state index < -0.39 is 133 Å². The van der Waals surface area contributed by atoms with Crippen LogP contribution in [0.5, 0.6) is 0 Å². The number of aliphatic hydroxyl groups excluding tert-OH is 2. The second-order valence-electron chi connectivity index (χ2n) is 27.3. The molecular weight excluding hydrogens is 1720 g/mol. The van der Waals surface area contributed by atoms with Gasteiger partial charge >= 0.3 is 0 Å². The normalized spacial score (nSPS) is 12.9. The highest BCUT2D eigenvalue weighted by Crippen LogP contribution is 2.26. The van der Waals surface area contributed by atoms with Crippen molar-refractivity contribution < 1.29 is 96.1 Å². The third-order valence-electron chi connectivity index (χ3n) is 14.4. The van der Waals surface area contributed by atoms with Crippen molar-refractivity contribution in [2.75, 3.05) is 178 Å². The summed E-state index contributed by atoms with van der Waals surface area (Å²) in [7, 11) is 0. The molecule has 0 aliphatic heterocycles. The third-order valence-corrected chi connectivity index (χ3v) is 16.5. The number of nitrogens with two attached hydrogens (primary N) is 1. The number of rotatable bonds is 57. The van der Waals surface area contributed by atoms with E-state index in [-0.39, 0.29) is 177 Å². The molecule has 0 bridgehead atoms. The first-order valence-corrected chi connectivity index (χ1v) is 37.6. The van der Waals surface area contributed by atoms with Crippen LogP contribution in [0.15, 0.2) is 0 Å². The lowest BCUT2D eigenvalue weighted by atomic mass is 9.87. The number of alkyl halides is 6. The Morgan fingerprint density at radius 2 is 0.554 bits per heavy atom. The van der Waals surface area contributed by atoms with Gasteiger partial charge < -0.3 is 108 Å². The Bertz CT molecular complexity index is 2290. The van der Waals surface area contributed by atoms with Crippen LogP contribution in [0.25, 0.3) is 0 Å². The number of nitrogens with one attached hydrogen (secondary N) is 11. The molecule has 0 aliphatic carbocycles. The lowest BCUT2D eigenvalue weighted by Crippen LogP contribution is -2.57. The molecule has 0 saturated carbocycles. The average molecular weight is 1840 g/mol. The summed E-state index contributed by atoms with van der Waals surface area (Å²) >= 11 is 20.1. The topological polar surface area (TPSA) is 451 Å². The van der Waals surface area contributed by atoms with E-state index in [2.05, 4.69) is 154 Å². The third kappa shape index (κ3) is 46.4. The monoisotopic (exact) mass is 1830 g/mol. The molecule has 0 heterocycles. The second-order valence-corrected chi connectivity index (χ2v) is 39.2. The highest BCUT2D eigenvalue weighted by atomic mass is 79.9. The van der Waals surface area contributed by atoms with Crippen LogP contribution in [0.1, 0.15) is 102 Å². The fourth-order valence-electron chi connectivity index (χ4n) is 7.94. The van der Waals surface area contributed by atoms with Gasteiger partial charge in [-0.3, -0.25) is 52.7 Å². The summed E-state index contributed by atoms with van der Waals surface area (Å²) in [4.78, 5) is 145. The van der Waals surface area contributed by atoms with E-state index in [9.17, 15) is 57.8 Å². The standard InChI is InChI=1S/C63H112Br6N12O20/c1-55(2,64)49(89)76-34-62(35-77-50(90)56(3,4)65,36-78-51(91)57(5,6)66)41-100-29-47(87)71-17-14-45(85)74-32-61(31-73-44(84)13-16-70,40-99-26-24-97-22-20-95-19-21-96-23-25-98-28-43(83)27-82)33-75-46(86)15-18-72-48(88)30-101-42-63(37-79-52(92)58(7,8)67,38-80-53(93)59(9,10)68)39-81-54(94)60(11,12)69/h43,82-83H,13-42,70H2,1-12H3,(H,71,87)(H,72,88)(H,73,84)(H,74,85)(H,75,86)(H,76,89)(H,77,90)(H,78,91)(H,79,92)(H,80,93)(H,81,94). The van der Waals surface area contributed by atoms with Gasteiger partial charge in [0.05, 0.1) is 112 Å². The van der Waals surface area contributed by atoms with Crippen molar-refractivity contribution in [3.63, 3.8) is 0 Å². The van der Waals surface area contributed by atoms with Gasteiger partial charge in [-0.25, -0.2) is 0 Å². The molecule has 11 amide bonds. The number of hydrogen-bond acceptors (Lipinski definition) is 21. The molecule has 0 aromatic rings. The first-order chi connectivity index (χ1) is 46.7. The molecule has 101 heavy (non-hydrogen) atoms. The number of ether oxygens (including phenoxy) is 7. The van der Waals surface area contributed by atoms with Crippen LogP contribution in [-0.2, 0) is 85.9 Å². The van der Waals surface area contributed by atoms with Crippen molar-refractivity contribution in [2.24, 2.45) is 22.0 Å². The maximum atomic E-state index is 13.6. The number of hydrogen-bond donors (Lipinski definition) is 14. The van der Waals surface area contributed by atoms with Crippen molar-refractivity contribution in [1.82, 2.24) is 58.5 Å². The number of carbonyl (C=O) groups excluding carboxylic acids is 11. The minimum atomic E-state index is -1.25. The van der Waals surface area contributed by atoms with Crippen LogP contribution in [0.2, 0.25) is 0 Å². The fraction of sp³-hybridized carbons (Fsp3) is 0.825. The number of halogens is 6. The van der Waals surface area contributed by atoms with Crippen molar-refractivity contribution in [3.05, 3.63) is 0 Å². The molecule has 0 fully saturated rings. The van der Waals surface area contributed by atoms with E-state index in [1.807, 2.05) is 0 Å². The minimum absolute atomic E-state index is 0.0174. The van der Waals surface area contributed by atoms with Gasteiger partial charge in [-0.2, -0.15) is 0 Å². The molecule has 586 valence electrons. The van der Waals surface area contributed by atoms with E-state index in [1.165, 1.54) is 0 Å². The number of amides is 11. The predicted octanol–water partition coefficient (Wildman–Crippen LogP) is -0.137. The van der Waals surface area contributed by atoms with Crippen molar-refractivity contribution in [1.29, 1.82) is 0 Å². The quantitative estimate of drug-likeness (QED) is 0.0278. The maximum absolute atomic E-state index is 13.6. The molecule has 15 N–H and O–H groups in total. The Balaban J connectivity index is 6.49. The summed E-state index contributed by atoms with van der Waals surface area (Å²) in [5.74, 6) is -5.17. The molecular formula is C63H112Br6N12O20. The molecule has 0 aromatic heterocycles. The van der Waals surface area contributed by atoms with Crippen molar-refractivity contribution >= 4 is 161 Å². The zero-order chi connectivity index (χ0) is 77.4. The number of carbonyl (C=O) groups is 11. The first kappa shape index (κ1) is 97.7. The summed E-state index contributed by atoms with van der Waals surface area (Å²) in [6.45, 7) is 17.6. The van der Waals surface area contributed by atoms with Gasteiger partial charge in [0.25, 0.3) is 0 Å². The molecule has 0 aromatic carbocycles. The van der Waals surface area contributed by atoms with Gasteiger partial charge in [-0.1, -0.05) is 95.6 Å². The second kappa shape index (κ2) is 48.8. The summed E-state index contributed by atoms with van der Waals surface area (Å²) in [6.07, 6.45) is -1.52. The smallest absolute Gasteiger partial charge is 0.246 e. The van der Waals surface area contributed by atoms with Crippen LogP contribution in [0.3, 0.4) is 0 Å². The SMILES string of the molecule is CC(C)(Br)C(=O)NCC(CNC(=O)C(C)(C)Br)(CNC(=O)C(C)(C)Br)COCC(=O)NCCC(=O)NCC(CNC(=O)CCN)(CNC(=O)CCNC(=O)COCC(CNC(=O)C(C)(C)Br)(CNC(=O)C(C)(C)Br)CNC(=O)C(C)(C)Br)COCCOCCOCCOCCOCC(O)CO. The lowest BCUT2D eigenvalue weighted by molar-refractivity contribution is -0.130. The predicted molar refractivity (Wildman–Crippen MR) is 400 cm³/mol. The Kier molecular flexibility index (Phi) is 47.2. The minimum Gasteiger partial charge on any atom is -0.394 e. The molecule has 0 aliphatic rings. The Hall–Kier alpha value is -3.35. The summed E-state index contributed by atoms with van der Waals surface area (Å²) in [5.41, 5.74) is 2.06. The molecule has 0 saturated heterocycles. The Labute approximate surface area is 644 Å². The van der Waals surface area contributed by atoms with Crippen LogP contribution >= 0.6 is 95.6 Å². The van der Waals surface area contributed by atoms with Crippen LogP contribution < -0.4 is 64.2 Å². The lowest BCUT2D eigenvalue weighted by Gasteiger charge is -2.36. The Morgan fingerprint density at radius 3 is 0.802 bits per heavy atom.